The molecule has 3 aliphatic rings. The fourth-order valence-corrected chi connectivity index (χ4v) is 5.36. The smallest absolute Gasteiger partial charge is 0.115 e. The van der Waals surface area contributed by atoms with Crippen LogP contribution in [0.5, 0.6) is 5.75 Å². The third kappa shape index (κ3) is 1.60. The highest BCUT2D eigenvalue weighted by Crippen LogP contribution is 2.60. The van der Waals surface area contributed by atoms with Gasteiger partial charge in [-0.25, -0.2) is 0 Å². The molecule has 1 aromatic carbocycles. The van der Waals surface area contributed by atoms with Gasteiger partial charge in [-0.1, -0.05) is 13.0 Å². The Morgan fingerprint density at radius 3 is 2.95 bits per heavy atom. The lowest BCUT2D eigenvalue weighted by molar-refractivity contribution is -0.0226. The van der Waals surface area contributed by atoms with E-state index in [-0.39, 0.29) is 5.41 Å². The van der Waals surface area contributed by atoms with Crippen molar-refractivity contribution in [2.24, 2.45) is 17.3 Å². The molecule has 1 unspecified atom stereocenters. The van der Waals surface area contributed by atoms with E-state index in [2.05, 4.69) is 13.0 Å². The lowest BCUT2D eigenvalue weighted by atomic mass is 9.55. The first-order valence-corrected chi connectivity index (χ1v) is 7.96. The summed E-state index contributed by atoms with van der Waals surface area (Å²) < 4.78 is 8.31. The van der Waals surface area contributed by atoms with Gasteiger partial charge in [-0.3, -0.25) is 0 Å². The van der Waals surface area contributed by atoms with Gasteiger partial charge in [0.25, 0.3) is 0 Å². The molecule has 0 amide bonds. The number of fused-ring (bicyclic) bond motifs is 5. The van der Waals surface area contributed by atoms with Crippen molar-refractivity contribution in [1.82, 2.24) is 0 Å². The number of aromatic hydroxyl groups is 1. The number of phenols is 1. The Morgan fingerprint density at radius 1 is 1.25 bits per heavy atom. The molecule has 3 aliphatic carbocycles. The van der Waals surface area contributed by atoms with E-state index in [1.54, 1.807) is 0 Å². The minimum Gasteiger partial charge on any atom is -0.508 e. The summed E-state index contributed by atoms with van der Waals surface area (Å²) >= 11 is 0. The summed E-state index contributed by atoms with van der Waals surface area (Å²) in [5, 5.41) is 20.2. The van der Waals surface area contributed by atoms with Gasteiger partial charge in [-0.05, 0) is 85.0 Å². The fourth-order valence-electron chi connectivity index (χ4n) is 5.36. The van der Waals surface area contributed by atoms with Crippen molar-refractivity contribution in [2.75, 3.05) is 0 Å². The Labute approximate surface area is 122 Å². The lowest BCUT2D eigenvalue weighted by Gasteiger charge is -2.50. The lowest BCUT2D eigenvalue weighted by Crippen LogP contribution is -2.43. The van der Waals surface area contributed by atoms with Crippen LogP contribution in [0.25, 0.3) is 0 Å². The molecule has 20 heavy (non-hydrogen) atoms. The van der Waals surface area contributed by atoms with Gasteiger partial charge in [0.05, 0.1) is 7.45 Å². The Morgan fingerprint density at radius 2 is 2.10 bits per heavy atom. The molecule has 108 valence electrons. The standard InChI is InChI=1S/C18H24O2/c1-18-9-8-14-13-5-3-12(19)10-11(13)2-4-15(14)16(18)6-7-17(18)20/h3,5,10,14-17,19-20H,2,4,6-9H2,1H3/t14-,15-,16+,17?,18+/m1/s1/i17T. The van der Waals surface area contributed by atoms with Crippen molar-refractivity contribution in [2.45, 2.75) is 57.4 Å². The van der Waals surface area contributed by atoms with Gasteiger partial charge < -0.3 is 10.2 Å². The summed E-state index contributed by atoms with van der Waals surface area (Å²) in [5.41, 5.74) is 2.48. The van der Waals surface area contributed by atoms with Gasteiger partial charge in [0.15, 0.2) is 0 Å². The Hall–Kier alpha value is -1.02. The van der Waals surface area contributed by atoms with Gasteiger partial charge in [0, 0.05) is 0 Å². The third-order valence-corrected chi connectivity index (χ3v) is 6.45. The van der Waals surface area contributed by atoms with Crippen LogP contribution in [0, 0.1) is 17.3 Å². The SMILES string of the molecule is [3H]C1(O)CC[C@H]2[C@@H]3CCc4cc(O)ccc4[C@H]3CC[C@@]21C. The van der Waals surface area contributed by atoms with Gasteiger partial charge in [-0.15, -0.1) is 0 Å². The number of hydrogen-bond acceptors (Lipinski definition) is 2. The molecule has 4 rings (SSSR count). The van der Waals surface area contributed by atoms with E-state index >= 15 is 0 Å². The normalized spacial score (nSPS) is 47.1. The maximum atomic E-state index is 10.5. The number of aliphatic hydroxyl groups is 1. The topological polar surface area (TPSA) is 40.5 Å². The molecular weight excluding hydrogens is 248 g/mol. The van der Waals surface area contributed by atoms with Crippen LogP contribution in [0.1, 0.15) is 57.4 Å². The van der Waals surface area contributed by atoms with Gasteiger partial charge in [0.2, 0.25) is 0 Å². The minimum absolute atomic E-state index is 0.234. The summed E-state index contributed by atoms with van der Waals surface area (Å²) in [5.74, 6) is 2.00. The molecule has 5 atom stereocenters. The highest BCUT2D eigenvalue weighted by atomic mass is 16.3. The monoisotopic (exact) mass is 274 g/mol. The zero-order valence-corrected chi connectivity index (χ0v) is 12.1. The summed E-state index contributed by atoms with van der Waals surface area (Å²) in [7, 11) is 0. The van der Waals surface area contributed by atoms with Crippen molar-refractivity contribution in [3.05, 3.63) is 29.3 Å². The molecule has 2 heteroatoms. The number of phenolic OH excluding ortho intramolecular Hbond substituents is 1. The van der Waals surface area contributed by atoms with Crippen LogP contribution < -0.4 is 0 Å². The minimum atomic E-state index is -1.24. The van der Waals surface area contributed by atoms with E-state index in [0.29, 0.717) is 29.9 Å². The molecule has 0 aliphatic heterocycles. The maximum absolute atomic E-state index is 10.5. The molecule has 2 N–H and O–H groups in total. The van der Waals surface area contributed by atoms with Crippen molar-refractivity contribution in [3.63, 3.8) is 0 Å². The van der Waals surface area contributed by atoms with E-state index in [1.165, 1.54) is 11.1 Å². The highest BCUT2D eigenvalue weighted by molar-refractivity contribution is 5.40. The van der Waals surface area contributed by atoms with Gasteiger partial charge in [-0.2, -0.15) is 0 Å². The summed E-state index contributed by atoms with van der Waals surface area (Å²) in [6, 6.07) is 5.84. The van der Waals surface area contributed by atoms with Gasteiger partial charge in [0.1, 0.15) is 5.75 Å². The molecule has 2 fully saturated rings. The van der Waals surface area contributed by atoms with E-state index < -0.39 is 6.08 Å². The van der Waals surface area contributed by atoms with Crippen LogP contribution in [0.4, 0.5) is 0 Å². The molecular formula is C18H24O2. The van der Waals surface area contributed by atoms with Crippen LogP contribution in [-0.2, 0) is 6.42 Å². The second kappa shape index (κ2) is 4.24. The van der Waals surface area contributed by atoms with Crippen molar-refractivity contribution in [3.8, 4) is 5.75 Å². The number of rotatable bonds is 0. The zero-order valence-electron chi connectivity index (χ0n) is 13.1. The fraction of sp³-hybridized carbons (Fsp3) is 0.667. The predicted molar refractivity (Wildman–Crippen MR) is 78.7 cm³/mol. The van der Waals surface area contributed by atoms with E-state index in [0.717, 1.165) is 32.1 Å². The maximum Gasteiger partial charge on any atom is 0.115 e. The first-order valence-electron chi connectivity index (χ1n) is 8.46. The number of aryl methyl sites for hydroxylation is 1. The second-order valence-corrected chi connectivity index (χ2v) is 7.24. The zero-order chi connectivity index (χ0) is 14.8. The van der Waals surface area contributed by atoms with E-state index in [4.69, 9.17) is 1.37 Å². The quantitative estimate of drug-likeness (QED) is 0.758. The van der Waals surface area contributed by atoms with Crippen molar-refractivity contribution < 1.29 is 11.6 Å². The molecule has 2 saturated carbocycles. The Balaban J connectivity index is 1.72. The summed E-state index contributed by atoms with van der Waals surface area (Å²) in [6.45, 7) is 2.14. The molecule has 0 saturated heterocycles. The number of hydrogen-bond donors (Lipinski definition) is 2. The van der Waals surface area contributed by atoms with Crippen molar-refractivity contribution in [1.29, 1.82) is 0 Å². The highest BCUT2D eigenvalue weighted by Gasteiger charge is 2.54. The second-order valence-electron chi connectivity index (χ2n) is 7.24. The Kier molecular flexibility index (Phi) is 2.46. The first kappa shape index (κ1) is 11.6. The molecule has 0 heterocycles. The molecule has 1 aromatic rings. The van der Waals surface area contributed by atoms with Crippen molar-refractivity contribution >= 4 is 0 Å². The van der Waals surface area contributed by atoms with E-state index in [9.17, 15) is 10.2 Å². The summed E-state index contributed by atoms with van der Waals surface area (Å²) in [6.07, 6.45) is 4.55. The summed E-state index contributed by atoms with van der Waals surface area (Å²) in [4.78, 5) is 0. The predicted octanol–water partition coefficient (Wildman–Crippen LogP) is 3.61. The largest absolute Gasteiger partial charge is 0.508 e. The first-order chi connectivity index (χ1) is 9.92. The Bertz CT molecular complexity index is 583. The molecule has 2 nitrogen and oxygen atoms in total. The molecule has 0 bridgehead atoms. The van der Waals surface area contributed by atoms with Crippen LogP contribution in [0.2, 0.25) is 0 Å². The van der Waals surface area contributed by atoms with Crippen LogP contribution in [0.15, 0.2) is 18.2 Å². The van der Waals surface area contributed by atoms with E-state index in [1.807, 2.05) is 12.1 Å². The average Bonchev–Trinajstić information content (AvgIpc) is 2.69. The number of benzene rings is 1. The average molecular weight is 274 g/mol. The molecule has 0 radical (unpaired) electrons. The molecule has 0 spiro atoms. The van der Waals surface area contributed by atoms with Gasteiger partial charge >= 0.3 is 0 Å². The van der Waals surface area contributed by atoms with Crippen LogP contribution in [-0.4, -0.2) is 16.3 Å². The van der Waals surface area contributed by atoms with Crippen LogP contribution >= 0.6 is 0 Å². The molecule has 0 aromatic heterocycles. The third-order valence-electron chi connectivity index (χ3n) is 6.45. The van der Waals surface area contributed by atoms with Crippen LogP contribution in [0.3, 0.4) is 0 Å².